The summed E-state index contributed by atoms with van der Waals surface area (Å²) >= 11 is 0. The normalized spacial score (nSPS) is 19.1. The molecule has 3 rings (SSSR count). The minimum Gasteiger partial charge on any atom is -0.496 e. The van der Waals surface area contributed by atoms with Gasteiger partial charge in [-0.2, -0.15) is 4.31 Å². The smallest absolute Gasteiger partial charge is 0.276 e. The van der Waals surface area contributed by atoms with Crippen LogP contribution in [0.2, 0.25) is 0 Å². The number of hydrogen-bond donors (Lipinski definition) is 0. The van der Waals surface area contributed by atoms with Crippen LogP contribution >= 0.6 is 0 Å². The Hall–Kier alpha value is -1.79. The number of ether oxygens (including phenoxy) is 1. The third-order valence-corrected chi connectivity index (χ3v) is 6.08. The number of sulfonamides is 1. The Morgan fingerprint density at radius 1 is 1.26 bits per heavy atom. The Balaban J connectivity index is 1.86. The molecule has 0 N–H and O–H groups in total. The monoisotopic (exact) mass is 335 g/mol. The van der Waals surface area contributed by atoms with E-state index in [1.54, 1.807) is 24.4 Å². The summed E-state index contributed by atoms with van der Waals surface area (Å²) in [5.74, 6) is 1.40. The zero-order chi connectivity index (χ0) is 16.4. The van der Waals surface area contributed by atoms with Gasteiger partial charge in [-0.25, -0.2) is 8.42 Å². The van der Waals surface area contributed by atoms with E-state index in [4.69, 9.17) is 9.15 Å². The summed E-state index contributed by atoms with van der Waals surface area (Å²) in [6.45, 7) is 2.28. The standard InChI is InChI=1S/C17H21NO4S/c1-13-9-10-17(22-13)23(19,20)18-11-5-7-15(18)12-14-6-3-4-8-16(14)21-2/h3-4,6,8-10,15H,5,7,11-12H2,1-2H3. The maximum absolute atomic E-state index is 12.8. The quantitative estimate of drug-likeness (QED) is 0.843. The number of aryl methyl sites for hydroxylation is 1. The minimum atomic E-state index is -3.58. The summed E-state index contributed by atoms with van der Waals surface area (Å²) in [7, 11) is -1.95. The fourth-order valence-electron chi connectivity index (χ4n) is 3.12. The molecule has 23 heavy (non-hydrogen) atoms. The van der Waals surface area contributed by atoms with Crippen molar-refractivity contribution < 1.29 is 17.6 Å². The van der Waals surface area contributed by atoms with E-state index >= 15 is 0 Å². The highest BCUT2D eigenvalue weighted by atomic mass is 32.2. The zero-order valence-corrected chi connectivity index (χ0v) is 14.2. The fourth-order valence-corrected chi connectivity index (χ4v) is 4.77. The van der Waals surface area contributed by atoms with Crippen molar-refractivity contribution in [2.45, 2.75) is 37.3 Å². The van der Waals surface area contributed by atoms with Crippen molar-refractivity contribution in [3.63, 3.8) is 0 Å². The predicted octanol–water partition coefficient (Wildman–Crippen LogP) is 2.99. The fraction of sp³-hybridized carbons (Fsp3) is 0.412. The van der Waals surface area contributed by atoms with Crippen molar-refractivity contribution in [2.24, 2.45) is 0 Å². The van der Waals surface area contributed by atoms with E-state index in [1.165, 1.54) is 6.07 Å². The first kappa shape index (κ1) is 16.1. The number of furan rings is 1. The Kier molecular flexibility index (Phi) is 4.46. The first-order valence-corrected chi connectivity index (χ1v) is 9.16. The van der Waals surface area contributed by atoms with Crippen LogP contribution in [0.5, 0.6) is 5.75 Å². The summed E-state index contributed by atoms with van der Waals surface area (Å²) in [5, 5.41) is 0.0296. The molecule has 0 saturated carbocycles. The molecule has 1 atom stereocenters. The summed E-state index contributed by atoms with van der Waals surface area (Å²) < 4.78 is 37.9. The lowest BCUT2D eigenvalue weighted by molar-refractivity contribution is 0.351. The van der Waals surface area contributed by atoms with Gasteiger partial charge in [-0.15, -0.1) is 0 Å². The molecule has 0 spiro atoms. The van der Waals surface area contributed by atoms with Gasteiger partial charge in [-0.3, -0.25) is 0 Å². The summed E-state index contributed by atoms with van der Waals surface area (Å²) in [4.78, 5) is 0. The van der Waals surface area contributed by atoms with Crippen molar-refractivity contribution in [2.75, 3.05) is 13.7 Å². The number of nitrogens with zero attached hydrogens (tertiary/aromatic N) is 1. The van der Waals surface area contributed by atoms with Gasteiger partial charge in [0.1, 0.15) is 11.5 Å². The highest BCUT2D eigenvalue weighted by molar-refractivity contribution is 7.89. The molecule has 0 aliphatic carbocycles. The number of methoxy groups -OCH3 is 1. The van der Waals surface area contributed by atoms with Gasteiger partial charge >= 0.3 is 0 Å². The van der Waals surface area contributed by atoms with Crippen LogP contribution in [0.25, 0.3) is 0 Å². The number of hydrogen-bond acceptors (Lipinski definition) is 4. The van der Waals surface area contributed by atoms with Crippen molar-refractivity contribution in [3.05, 3.63) is 47.7 Å². The van der Waals surface area contributed by atoms with E-state index in [1.807, 2.05) is 24.3 Å². The second-order valence-corrected chi connectivity index (χ2v) is 7.61. The minimum absolute atomic E-state index is 0.0296. The van der Waals surface area contributed by atoms with Crippen LogP contribution in [0, 0.1) is 6.92 Å². The van der Waals surface area contributed by atoms with Crippen molar-refractivity contribution >= 4 is 10.0 Å². The summed E-state index contributed by atoms with van der Waals surface area (Å²) in [6.07, 6.45) is 2.35. The topological polar surface area (TPSA) is 59.8 Å². The molecule has 0 bridgehead atoms. The van der Waals surface area contributed by atoms with Gasteiger partial charge < -0.3 is 9.15 Å². The first-order valence-electron chi connectivity index (χ1n) is 7.72. The molecule has 1 saturated heterocycles. The molecule has 1 aliphatic rings. The molecule has 0 radical (unpaired) electrons. The maximum atomic E-state index is 12.8. The molecule has 0 amide bonds. The van der Waals surface area contributed by atoms with Crippen LogP contribution in [-0.2, 0) is 16.4 Å². The van der Waals surface area contributed by atoms with Crippen LogP contribution in [0.3, 0.4) is 0 Å². The van der Waals surface area contributed by atoms with Gasteiger partial charge in [0.25, 0.3) is 10.0 Å². The van der Waals surface area contributed by atoms with Crippen LogP contribution in [0.15, 0.2) is 45.9 Å². The van der Waals surface area contributed by atoms with E-state index in [0.717, 1.165) is 24.2 Å². The SMILES string of the molecule is COc1ccccc1CC1CCCN1S(=O)(=O)c1ccc(C)o1. The maximum Gasteiger partial charge on any atom is 0.276 e. The molecule has 1 unspecified atom stereocenters. The van der Waals surface area contributed by atoms with E-state index in [9.17, 15) is 8.42 Å². The lowest BCUT2D eigenvalue weighted by Gasteiger charge is -2.23. The highest BCUT2D eigenvalue weighted by Crippen LogP contribution is 2.31. The lowest BCUT2D eigenvalue weighted by Crippen LogP contribution is -2.36. The Bertz CT molecular complexity index is 781. The molecule has 2 aromatic rings. The summed E-state index contributed by atoms with van der Waals surface area (Å²) in [5.41, 5.74) is 1.03. The molecular weight excluding hydrogens is 314 g/mol. The number of para-hydroxylation sites is 1. The van der Waals surface area contributed by atoms with Crippen molar-refractivity contribution in [1.29, 1.82) is 0 Å². The van der Waals surface area contributed by atoms with Gasteiger partial charge in [0.05, 0.1) is 7.11 Å². The van der Waals surface area contributed by atoms with Gasteiger partial charge in [0.15, 0.2) is 0 Å². The van der Waals surface area contributed by atoms with Crippen LogP contribution < -0.4 is 4.74 Å². The van der Waals surface area contributed by atoms with Crippen LogP contribution in [0.1, 0.15) is 24.2 Å². The average molecular weight is 335 g/mol. The molecule has 1 aliphatic heterocycles. The summed E-state index contributed by atoms with van der Waals surface area (Å²) in [6, 6.07) is 10.9. The lowest BCUT2D eigenvalue weighted by atomic mass is 10.0. The van der Waals surface area contributed by atoms with E-state index in [0.29, 0.717) is 18.7 Å². The molecule has 124 valence electrons. The number of rotatable bonds is 5. The third kappa shape index (κ3) is 3.14. The van der Waals surface area contributed by atoms with Gasteiger partial charge in [-0.1, -0.05) is 18.2 Å². The van der Waals surface area contributed by atoms with Crippen LogP contribution in [0.4, 0.5) is 0 Å². The molecule has 5 nitrogen and oxygen atoms in total. The van der Waals surface area contributed by atoms with Crippen molar-refractivity contribution in [1.82, 2.24) is 4.31 Å². The highest BCUT2D eigenvalue weighted by Gasteiger charge is 2.37. The third-order valence-electron chi connectivity index (χ3n) is 4.25. The van der Waals surface area contributed by atoms with E-state index in [-0.39, 0.29) is 11.1 Å². The predicted molar refractivity (Wildman–Crippen MR) is 87.1 cm³/mol. The molecule has 6 heteroatoms. The molecule has 2 heterocycles. The van der Waals surface area contributed by atoms with Crippen molar-refractivity contribution in [3.8, 4) is 5.75 Å². The first-order chi connectivity index (χ1) is 11.0. The van der Waals surface area contributed by atoms with E-state index in [2.05, 4.69) is 0 Å². The Labute approximate surface area is 136 Å². The second-order valence-electron chi connectivity index (χ2n) is 5.79. The van der Waals surface area contributed by atoms with E-state index < -0.39 is 10.0 Å². The average Bonchev–Trinajstić information content (AvgIpc) is 3.17. The van der Waals surface area contributed by atoms with Gasteiger partial charge in [-0.05, 0) is 49.9 Å². The van der Waals surface area contributed by atoms with Gasteiger partial charge in [0, 0.05) is 12.6 Å². The molecular formula is C17H21NO4S. The Morgan fingerprint density at radius 2 is 2.04 bits per heavy atom. The van der Waals surface area contributed by atoms with Crippen LogP contribution in [-0.4, -0.2) is 32.4 Å². The molecule has 1 aromatic heterocycles. The second kappa shape index (κ2) is 6.37. The zero-order valence-electron chi connectivity index (χ0n) is 13.4. The molecule has 1 aromatic carbocycles. The molecule has 1 fully saturated rings. The Morgan fingerprint density at radius 3 is 2.74 bits per heavy atom. The largest absolute Gasteiger partial charge is 0.496 e. The number of benzene rings is 1. The van der Waals surface area contributed by atoms with Gasteiger partial charge in [0.2, 0.25) is 5.09 Å².